The molecule has 2 unspecified atom stereocenters. The monoisotopic (exact) mass is 437 g/mol. The smallest absolute Gasteiger partial charge is 0.253 e. The van der Waals surface area contributed by atoms with E-state index in [1.807, 2.05) is 30.3 Å². The molecule has 2 atom stereocenters. The number of nitrogens with two attached hydrogens (primary N) is 1. The predicted molar refractivity (Wildman–Crippen MR) is 120 cm³/mol. The molecule has 1 amide bonds. The van der Waals surface area contributed by atoms with Gasteiger partial charge in [-0.1, -0.05) is 18.6 Å². The Morgan fingerprint density at radius 2 is 1.72 bits per heavy atom. The first-order valence-corrected chi connectivity index (χ1v) is 9.80. The maximum atomic E-state index is 12.9. The van der Waals surface area contributed by atoms with Crippen LogP contribution in [0.25, 0.3) is 11.1 Å². The van der Waals surface area contributed by atoms with Crippen LogP contribution in [-0.2, 0) is 0 Å². The zero-order chi connectivity index (χ0) is 18.8. The Kier molecular flexibility index (Phi) is 8.32. The number of carbonyl (C=O) groups excluding carboxylic acids is 1. The van der Waals surface area contributed by atoms with Crippen LogP contribution in [-0.4, -0.2) is 30.1 Å². The number of hydrogen-bond donors (Lipinski definition) is 2. The van der Waals surface area contributed by atoms with Crippen LogP contribution >= 0.6 is 24.8 Å². The van der Waals surface area contributed by atoms with Crippen molar-refractivity contribution in [3.05, 3.63) is 48.3 Å². The van der Waals surface area contributed by atoms with E-state index in [0.29, 0.717) is 17.4 Å². The molecule has 1 aromatic carbocycles. The number of rotatable bonds is 4. The highest BCUT2D eigenvalue weighted by Gasteiger charge is 2.39. The van der Waals surface area contributed by atoms with E-state index in [1.165, 1.54) is 19.3 Å². The zero-order valence-corrected chi connectivity index (χ0v) is 18.2. The van der Waals surface area contributed by atoms with E-state index in [4.69, 9.17) is 10.5 Å². The van der Waals surface area contributed by atoms with Crippen LogP contribution < -0.4 is 15.8 Å². The van der Waals surface area contributed by atoms with Crippen molar-refractivity contribution in [3.8, 4) is 16.9 Å². The van der Waals surface area contributed by atoms with Gasteiger partial charge in [-0.2, -0.15) is 0 Å². The van der Waals surface area contributed by atoms with Gasteiger partial charge in [-0.05, 0) is 61.3 Å². The fourth-order valence-corrected chi connectivity index (χ4v) is 4.76. The van der Waals surface area contributed by atoms with E-state index < -0.39 is 0 Å². The zero-order valence-electron chi connectivity index (χ0n) is 16.5. The highest BCUT2D eigenvalue weighted by atomic mass is 35.5. The first kappa shape index (κ1) is 23.5. The van der Waals surface area contributed by atoms with Crippen molar-refractivity contribution in [2.45, 2.75) is 44.2 Å². The topological polar surface area (TPSA) is 77.2 Å². The van der Waals surface area contributed by atoms with E-state index in [9.17, 15) is 4.79 Å². The number of nitrogens with zero attached hydrogens (tertiary/aromatic N) is 1. The van der Waals surface area contributed by atoms with E-state index in [2.05, 4.69) is 10.3 Å². The molecule has 0 aliphatic heterocycles. The molecule has 5 nitrogen and oxygen atoms in total. The maximum Gasteiger partial charge on any atom is 0.253 e. The van der Waals surface area contributed by atoms with Crippen LogP contribution in [0.1, 0.15) is 42.5 Å². The van der Waals surface area contributed by atoms with Crippen LogP contribution in [0.5, 0.6) is 5.75 Å². The van der Waals surface area contributed by atoms with E-state index >= 15 is 0 Å². The van der Waals surface area contributed by atoms with Gasteiger partial charge in [-0.15, -0.1) is 24.8 Å². The van der Waals surface area contributed by atoms with Crippen LogP contribution in [0.3, 0.4) is 0 Å². The second kappa shape index (κ2) is 10.3. The molecule has 0 saturated heterocycles. The van der Waals surface area contributed by atoms with Gasteiger partial charge in [0.2, 0.25) is 0 Å². The summed E-state index contributed by atoms with van der Waals surface area (Å²) in [7, 11) is 1.65. The number of benzene rings is 1. The molecule has 2 aliphatic carbocycles. The summed E-state index contributed by atoms with van der Waals surface area (Å²) in [6.45, 7) is 0. The fraction of sp³-hybridized carbons (Fsp3) is 0.455. The number of fused-ring (bicyclic) bond motifs is 2. The summed E-state index contributed by atoms with van der Waals surface area (Å²) < 4.78 is 5.21. The molecule has 2 aromatic rings. The molecular weight excluding hydrogens is 409 g/mol. The minimum atomic E-state index is -0.0322. The van der Waals surface area contributed by atoms with Crippen molar-refractivity contribution in [2.24, 2.45) is 17.6 Å². The molecule has 29 heavy (non-hydrogen) atoms. The van der Waals surface area contributed by atoms with Crippen LogP contribution in [0.2, 0.25) is 0 Å². The number of nitrogens with one attached hydrogen (secondary N) is 1. The first-order valence-electron chi connectivity index (χ1n) is 9.80. The molecule has 1 aromatic heterocycles. The number of halogens is 2. The van der Waals surface area contributed by atoms with Gasteiger partial charge in [0.1, 0.15) is 5.75 Å². The Morgan fingerprint density at radius 3 is 2.34 bits per heavy atom. The minimum absolute atomic E-state index is 0. The fourth-order valence-electron chi connectivity index (χ4n) is 4.76. The summed E-state index contributed by atoms with van der Waals surface area (Å²) in [5.74, 6) is 1.79. The van der Waals surface area contributed by atoms with Gasteiger partial charge >= 0.3 is 0 Å². The van der Waals surface area contributed by atoms with Crippen molar-refractivity contribution in [2.75, 3.05) is 7.11 Å². The second-order valence-electron chi connectivity index (χ2n) is 7.87. The van der Waals surface area contributed by atoms with E-state index in [-0.39, 0.29) is 42.8 Å². The third kappa shape index (κ3) is 5.21. The highest BCUT2D eigenvalue weighted by molar-refractivity contribution is 5.95. The normalized spacial score (nSPS) is 25.2. The van der Waals surface area contributed by atoms with Crippen molar-refractivity contribution >= 4 is 30.7 Å². The van der Waals surface area contributed by atoms with Crippen molar-refractivity contribution < 1.29 is 9.53 Å². The Bertz CT molecular complexity index is 802. The van der Waals surface area contributed by atoms with Crippen molar-refractivity contribution in [3.63, 3.8) is 0 Å². The molecule has 0 radical (unpaired) electrons. The molecule has 2 bridgehead atoms. The van der Waals surface area contributed by atoms with Gasteiger partial charge < -0.3 is 15.8 Å². The molecule has 0 spiro atoms. The first-order chi connectivity index (χ1) is 13.1. The Morgan fingerprint density at radius 1 is 1.07 bits per heavy atom. The maximum absolute atomic E-state index is 12.9. The van der Waals surface area contributed by atoms with Gasteiger partial charge in [0, 0.05) is 30.0 Å². The average molecular weight is 438 g/mol. The van der Waals surface area contributed by atoms with Crippen molar-refractivity contribution in [1.82, 2.24) is 10.3 Å². The SMILES string of the molecule is COc1ccc(-c2cncc(C(=O)NC3C4CCCC3CC(N)C4)c2)cc1.Cl.Cl. The molecular formula is C22H29Cl2N3O2. The average Bonchev–Trinajstić information content (AvgIpc) is 2.69. The molecule has 4 rings (SSSR count). The molecule has 1 heterocycles. The van der Waals surface area contributed by atoms with Gasteiger partial charge in [0.25, 0.3) is 5.91 Å². The number of carbonyl (C=O) groups is 1. The Labute approximate surface area is 184 Å². The molecule has 3 N–H and O–H groups in total. The molecule has 2 fully saturated rings. The Hall–Kier alpha value is -1.82. The lowest BCUT2D eigenvalue weighted by molar-refractivity contribution is 0.0755. The lowest BCUT2D eigenvalue weighted by atomic mass is 9.67. The quantitative estimate of drug-likeness (QED) is 0.749. The third-order valence-corrected chi connectivity index (χ3v) is 6.10. The lowest BCUT2D eigenvalue weighted by Gasteiger charge is -2.45. The highest BCUT2D eigenvalue weighted by Crippen LogP contribution is 2.39. The number of amides is 1. The van der Waals surface area contributed by atoms with Crippen LogP contribution in [0.15, 0.2) is 42.7 Å². The van der Waals surface area contributed by atoms with Gasteiger partial charge in [-0.25, -0.2) is 0 Å². The van der Waals surface area contributed by atoms with Crippen LogP contribution in [0.4, 0.5) is 0 Å². The standard InChI is InChI=1S/C22H27N3O2.2ClH/c1-27-20-7-5-14(6-8-20)17-9-18(13-24-12-17)22(26)25-21-15-3-2-4-16(21)11-19(23)10-15;;/h5-9,12-13,15-16,19,21H,2-4,10-11,23H2,1H3,(H,25,26);2*1H. The van der Waals surface area contributed by atoms with Crippen molar-refractivity contribution in [1.29, 1.82) is 0 Å². The summed E-state index contributed by atoms with van der Waals surface area (Å²) in [5, 5.41) is 3.30. The summed E-state index contributed by atoms with van der Waals surface area (Å²) in [6, 6.07) is 10.2. The molecule has 158 valence electrons. The third-order valence-electron chi connectivity index (χ3n) is 6.10. The summed E-state index contributed by atoms with van der Waals surface area (Å²) in [6.07, 6.45) is 9.05. The molecule has 2 saturated carbocycles. The predicted octanol–water partition coefficient (Wildman–Crippen LogP) is 4.24. The second-order valence-corrected chi connectivity index (χ2v) is 7.87. The molecule has 7 heteroatoms. The van der Waals surface area contributed by atoms with Gasteiger partial charge in [0.15, 0.2) is 0 Å². The Balaban J connectivity index is 0.00000150. The minimum Gasteiger partial charge on any atom is -0.497 e. The van der Waals surface area contributed by atoms with E-state index in [0.717, 1.165) is 29.7 Å². The number of aromatic nitrogens is 1. The van der Waals surface area contributed by atoms with Gasteiger partial charge in [0.05, 0.1) is 12.7 Å². The summed E-state index contributed by atoms with van der Waals surface area (Å²) >= 11 is 0. The van der Waals surface area contributed by atoms with Gasteiger partial charge in [-0.3, -0.25) is 9.78 Å². The van der Waals surface area contributed by atoms with E-state index in [1.54, 1.807) is 19.5 Å². The summed E-state index contributed by atoms with van der Waals surface area (Å²) in [4.78, 5) is 17.2. The molecule has 2 aliphatic rings. The lowest BCUT2D eigenvalue weighted by Crippen LogP contribution is -2.53. The number of ether oxygens (including phenoxy) is 1. The largest absolute Gasteiger partial charge is 0.497 e. The number of pyridine rings is 1. The summed E-state index contributed by atoms with van der Waals surface area (Å²) in [5.41, 5.74) is 8.75. The van der Waals surface area contributed by atoms with Crippen LogP contribution in [0, 0.1) is 11.8 Å². The number of hydrogen-bond acceptors (Lipinski definition) is 4. The number of methoxy groups -OCH3 is 1.